The molecule has 0 saturated carbocycles. The van der Waals surface area contributed by atoms with Gasteiger partial charge in [-0.15, -0.1) is 0 Å². The lowest BCUT2D eigenvalue weighted by Gasteiger charge is -2.19. The number of nitrogens with zero attached hydrogens (tertiary/aromatic N) is 2. The number of anilines is 1. The number of amides is 2. The van der Waals surface area contributed by atoms with Gasteiger partial charge in [0.2, 0.25) is 0 Å². The first-order valence-electron chi connectivity index (χ1n) is 10.6. The molecule has 6 nitrogen and oxygen atoms in total. The molecule has 5 rings (SSSR count). The molecule has 2 heterocycles. The van der Waals surface area contributed by atoms with Crippen molar-refractivity contribution in [2.75, 3.05) is 5.32 Å². The minimum Gasteiger partial charge on any atom is -0.341 e. The average Bonchev–Trinajstić information content (AvgIpc) is 3.48. The Morgan fingerprint density at radius 3 is 2.54 bits per heavy atom. The number of alkyl halides is 3. The highest BCUT2D eigenvalue weighted by Crippen LogP contribution is 2.41. The molecule has 0 radical (unpaired) electrons. The van der Waals surface area contributed by atoms with Gasteiger partial charge in [0.15, 0.2) is 0 Å². The van der Waals surface area contributed by atoms with Crippen molar-refractivity contribution in [2.24, 2.45) is 0 Å². The Bertz CT molecular complexity index is 1550. The summed E-state index contributed by atoms with van der Waals surface area (Å²) in [7, 11) is 0. The lowest BCUT2D eigenvalue weighted by atomic mass is 9.95. The van der Waals surface area contributed by atoms with E-state index in [1.54, 1.807) is 6.20 Å². The van der Waals surface area contributed by atoms with E-state index in [4.69, 9.17) is 11.6 Å². The number of hydrogen-bond donors (Lipinski definition) is 2. The summed E-state index contributed by atoms with van der Waals surface area (Å²) in [4.78, 5) is 29.9. The zero-order valence-electron chi connectivity index (χ0n) is 18.4. The van der Waals surface area contributed by atoms with Gasteiger partial charge in [0, 0.05) is 51.0 Å². The van der Waals surface area contributed by atoms with Crippen molar-refractivity contribution in [3.63, 3.8) is 0 Å². The minimum atomic E-state index is -4.88. The van der Waals surface area contributed by atoms with Crippen LogP contribution in [0.3, 0.4) is 0 Å². The van der Waals surface area contributed by atoms with Gasteiger partial charge in [-0.25, -0.2) is 13.8 Å². The summed E-state index contributed by atoms with van der Waals surface area (Å²) in [6.45, 7) is 0. The summed E-state index contributed by atoms with van der Waals surface area (Å²) in [5.74, 6) is -3.48. The van der Waals surface area contributed by atoms with E-state index in [2.05, 4.69) is 15.6 Å². The molecule has 3 aromatic carbocycles. The van der Waals surface area contributed by atoms with Gasteiger partial charge in [0.1, 0.15) is 11.6 Å². The third kappa shape index (κ3) is 4.65. The molecule has 0 unspecified atom stereocenters. The van der Waals surface area contributed by atoms with Gasteiger partial charge in [-0.1, -0.05) is 11.6 Å². The number of benzene rings is 3. The molecule has 1 aromatic heterocycles. The fourth-order valence-electron chi connectivity index (χ4n) is 4.13. The zero-order chi connectivity index (χ0) is 26.5. The lowest BCUT2D eigenvalue weighted by molar-refractivity contribution is -0.137. The Morgan fingerprint density at radius 2 is 1.84 bits per heavy atom. The van der Waals surface area contributed by atoms with Crippen molar-refractivity contribution in [1.82, 2.24) is 14.9 Å². The van der Waals surface area contributed by atoms with Crippen molar-refractivity contribution in [3.8, 4) is 5.69 Å². The van der Waals surface area contributed by atoms with Crippen LogP contribution in [-0.2, 0) is 6.18 Å². The molecule has 0 bridgehead atoms. The van der Waals surface area contributed by atoms with Crippen LogP contribution in [-0.4, -0.2) is 21.4 Å². The van der Waals surface area contributed by atoms with Gasteiger partial charge < -0.3 is 15.2 Å². The third-order valence-electron chi connectivity index (χ3n) is 5.78. The summed E-state index contributed by atoms with van der Waals surface area (Å²) < 4.78 is 69.1. The van der Waals surface area contributed by atoms with Gasteiger partial charge in [-0.05, 0) is 48.5 Å². The fourth-order valence-corrected chi connectivity index (χ4v) is 4.36. The van der Waals surface area contributed by atoms with E-state index in [1.165, 1.54) is 35.3 Å². The number of carbonyl (C=O) groups is 2. The predicted molar refractivity (Wildman–Crippen MR) is 124 cm³/mol. The maximum atomic E-state index is 14.0. The second kappa shape index (κ2) is 9.00. The molecule has 0 saturated heterocycles. The van der Waals surface area contributed by atoms with Crippen molar-refractivity contribution < 1.29 is 31.5 Å². The summed E-state index contributed by atoms with van der Waals surface area (Å²) in [5.41, 5.74) is -0.993. The number of rotatable bonds is 4. The van der Waals surface area contributed by atoms with Gasteiger partial charge in [-0.2, -0.15) is 13.2 Å². The normalized spacial score (nSPS) is 14.9. The van der Waals surface area contributed by atoms with Crippen molar-refractivity contribution in [3.05, 3.63) is 112 Å². The monoisotopic (exact) mass is 532 g/mol. The second-order valence-electron chi connectivity index (χ2n) is 8.18. The lowest BCUT2D eigenvalue weighted by Crippen LogP contribution is -2.21. The molecule has 37 heavy (non-hydrogen) atoms. The van der Waals surface area contributed by atoms with E-state index in [0.29, 0.717) is 17.8 Å². The Morgan fingerprint density at radius 1 is 1.05 bits per heavy atom. The molecule has 1 aliphatic heterocycles. The molecule has 1 aliphatic rings. The third-order valence-corrected chi connectivity index (χ3v) is 6.12. The highest BCUT2D eigenvalue weighted by atomic mass is 35.5. The van der Waals surface area contributed by atoms with Crippen LogP contribution < -0.4 is 10.6 Å². The molecule has 188 valence electrons. The summed E-state index contributed by atoms with van der Waals surface area (Å²) in [6, 6.07) is 7.00. The standard InChI is InChI=1S/C25H14ClF5N4O2/c26-19-2-1-14(27)8-17(19)22-21-18(24(37)34-22)9-16(35-4-3-32-11-35)10-20(21)33-23(36)12-5-13(25(29,30)31)7-15(28)6-12/h1-11,22H,(H,33,36)(H,34,37)/t22-/m1/s1. The van der Waals surface area contributed by atoms with E-state index in [9.17, 15) is 31.5 Å². The number of aromatic nitrogens is 2. The minimum absolute atomic E-state index is 0.0210. The Hall–Kier alpha value is -4.25. The highest BCUT2D eigenvalue weighted by Gasteiger charge is 2.36. The molecular weight excluding hydrogens is 519 g/mol. The number of hydrogen-bond acceptors (Lipinski definition) is 3. The van der Waals surface area contributed by atoms with E-state index < -0.39 is 46.8 Å². The molecule has 2 N–H and O–H groups in total. The molecule has 2 amide bonds. The SMILES string of the molecule is O=C(Nc1cc(-n2ccnc2)cc2c1[C@@H](c1cc(F)ccc1Cl)NC2=O)c1cc(F)cc(C(F)(F)F)c1. The summed E-state index contributed by atoms with van der Waals surface area (Å²) in [6.07, 6.45) is -0.395. The maximum absolute atomic E-state index is 14.0. The molecule has 1 atom stereocenters. The first-order valence-corrected chi connectivity index (χ1v) is 11.0. The predicted octanol–water partition coefficient (Wildman–Crippen LogP) is 5.91. The van der Waals surface area contributed by atoms with Gasteiger partial charge in [0.25, 0.3) is 11.8 Å². The van der Waals surface area contributed by atoms with E-state index in [1.807, 2.05) is 0 Å². The van der Waals surface area contributed by atoms with Crippen LogP contribution in [0.25, 0.3) is 5.69 Å². The van der Waals surface area contributed by atoms with Crippen molar-refractivity contribution >= 4 is 29.1 Å². The molecule has 0 spiro atoms. The maximum Gasteiger partial charge on any atom is 0.416 e. The average molecular weight is 533 g/mol. The number of nitrogens with one attached hydrogen (secondary N) is 2. The second-order valence-corrected chi connectivity index (χ2v) is 8.58. The number of imidazole rings is 1. The number of carbonyl (C=O) groups excluding carboxylic acids is 2. The van der Waals surface area contributed by atoms with Crippen LogP contribution in [0.2, 0.25) is 5.02 Å². The van der Waals surface area contributed by atoms with Crippen LogP contribution in [0.4, 0.5) is 27.6 Å². The molecule has 12 heteroatoms. The van der Waals surface area contributed by atoms with Crippen LogP contribution in [0.1, 0.15) is 43.4 Å². The van der Waals surface area contributed by atoms with Crippen LogP contribution in [0, 0.1) is 11.6 Å². The van der Waals surface area contributed by atoms with Crippen LogP contribution >= 0.6 is 11.6 Å². The highest BCUT2D eigenvalue weighted by molar-refractivity contribution is 6.31. The first kappa shape index (κ1) is 24.4. The fraction of sp³-hybridized carbons (Fsp3) is 0.0800. The van der Waals surface area contributed by atoms with Gasteiger partial charge in [-0.3, -0.25) is 9.59 Å². The molecular formula is C25H14ClF5N4O2. The Balaban J connectivity index is 1.65. The Labute approximate surface area is 210 Å². The van der Waals surface area contributed by atoms with Gasteiger partial charge in [0.05, 0.1) is 17.9 Å². The van der Waals surface area contributed by atoms with Crippen molar-refractivity contribution in [1.29, 1.82) is 0 Å². The summed E-state index contributed by atoms with van der Waals surface area (Å²) >= 11 is 6.27. The van der Waals surface area contributed by atoms with E-state index >= 15 is 0 Å². The van der Waals surface area contributed by atoms with Gasteiger partial charge >= 0.3 is 6.18 Å². The largest absolute Gasteiger partial charge is 0.416 e. The van der Waals surface area contributed by atoms with E-state index in [0.717, 1.165) is 12.1 Å². The van der Waals surface area contributed by atoms with Crippen LogP contribution in [0.5, 0.6) is 0 Å². The molecule has 0 fully saturated rings. The van der Waals surface area contributed by atoms with Crippen LogP contribution in [0.15, 0.2) is 67.3 Å². The topological polar surface area (TPSA) is 76.0 Å². The molecule has 4 aromatic rings. The first-order chi connectivity index (χ1) is 17.5. The zero-order valence-corrected chi connectivity index (χ0v) is 19.2. The number of halogens is 6. The van der Waals surface area contributed by atoms with E-state index in [-0.39, 0.29) is 33.5 Å². The molecule has 0 aliphatic carbocycles. The quantitative estimate of drug-likeness (QED) is 0.321. The van der Waals surface area contributed by atoms with Crippen molar-refractivity contribution in [2.45, 2.75) is 12.2 Å². The summed E-state index contributed by atoms with van der Waals surface area (Å²) in [5, 5.41) is 5.31. The Kier molecular flexibility index (Phi) is 5.95. The smallest absolute Gasteiger partial charge is 0.341 e. The number of fused-ring (bicyclic) bond motifs is 1.